The molecule has 1 fully saturated rings. The highest BCUT2D eigenvalue weighted by atomic mass is 16.6. The normalized spacial score (nSPS) is 20.1. The third-order valence-corrected chi connectivity index (χ3v) is 6.58. The van der Waals surface area contributed by atoms with Gasteiger partial charge in [-0.15, -0.1) is 0 Å². The number of anilines is 1. The van der Waals surface area contributed by atoms with Crippen LogP contribution in [0.15, 0.2) is 42.5 Å². The summed E-state index contributed by atoms with van der Waals surface area (Å²) in [4.78, 5) is 30.0. The second kappa shape index (κ2) is 9.83. The van der Waals surface area contributed by atoms with Crippen LogP contribution in [-0.2, 0) is 9.59 Å². The van der Waals surface area contributed by atoms with Crippen LogP contribution in [0.25, 0.3) is 0 Å². The molecule has 3 aliphatic rings. The molecule has 0 bridgehead atoms. The van der Waals surface area contributed by atoms with E-state index in [0.29, 0.717) is 31.3 Å². The average molecular weight is 466 g/mol. The highest BCUT2D eigenvalue weighted by molar-refractivity contribution is 5.86. The lowest BCUT2D eigenvalue weighted by molar-refractivity contribution is -0.139. The number of likely N-dealkylation sites (tertiary alicyclic amines) is 1. The van der Waals surface area contributed by atoms with Gasteiger partial charge >= 0.3 is 0 Å². The molecule has 0 aromatic heterocycles. The maximum atomic E-state index is 13.1. The number of nitrogens with one attached hydrogen (secondary N) is 1. The molecule has 1 N–H and O–H groups in total. The van der Waals surface area contributed by atoms with Crippen LogP contribution in [0.5, 0.6) is 17.2 Å². The molecule has 3 aliphatic heterocycles. The topological polar surface area (TPSA) is 80.3 Å². The summed E-state index contributed by atoms with van der Waals surface area (Å²) in [5.74, 6) is 1.94. The standard InChI is InChI=1S/C26H31N3O5/c1-18(19-9-10-22-23(15-19)33-14-13-32-22)27-25(30)17-29-16-24(26(31)28-11-5-2-6-12-28)34-21-8-4-3-7-20(21)29/h3-4,7-10,15,18,24H,2,5-6,11-14,16-17H2,1H3,(H,27,30). The zero-order valence-electron chi connectivity index (χ0n) is 19.5. The number of hydrogen-bond acceptors (Lipinski definition) is 6. The first-order chi connectivity index (χ1) is 16.6. The molecule has 0 radical (unpaired) electrons. The number of hydrogen-bond donors (Lipinski definition) is 1. The monoisotopic (exact) mass is 465 g/mol. The molecule has 34 heavy (non-hydrogen) atoms. The molecular weight excluding hydrogens is 434 g/mol. The van der Waals surface area contributed by atoms with E-state index in [9.17, 15) is 9.59 Å². The van der Waals surface area contributed by atoms with Crippen molar-refractivity contribution in [1.82, 2.24) is 10.2 Å². The van der Waals surface area contributed by atoms with Crippen LogP contribution in [-0.4, -0.2) is 62.2 Å². The van der Waals surface area contributed by atoms with Crippen molar-refractivity contribution in [3.63, 3.8) is 0 Å². The highest BCUT2D eigenvalue weighted by Gasteiger charge is 2.34. The third-order valence-electron chi connectivity index (χ3n) is 6.58. The fourth-order valence-corrected chi connectivity index (χ4v) is 4.78. The summed E-state index contributed by atoms with van der Waals surface area (Å²) in [5, 5.41) is 3.08. The van der Waals surface area contributed by atoms with Crippen LogP contribution in [0.1, 0.15) is 37.8 Å². The fraction of sp³-hybridized carbons (Fsp3) is 0.462. The first kappa shape index (κ1) is 22.4. The number of carbonyl (C=O) groups excluding carboxylic acids is 2. The fourth-order valence-electron chi connectivity index (χ4n) is 4.78. The van der Waals surface area contributed by atoms with E-state index < -0.39 is 6.10 Å². The van der Waals surface area contributed by atoms with Crippen molar-refractivity contribution in [2.75, 3.05) is 44.3 Å². The summed E-state index contributed by atoms with van der Waals surface area (Å²) in [6.45, 7) is 5.03. The molecule has 2 aromatic rings. The van der Waals surface area contributed by atoms with E-state index in [4.69, 9.17) is 14.2 Å². The Balaban J connectivity index is 1.26. The number of para-hydroxylation sites is 2. The summed E-state index contributed by atoms with van der Waals surface area (Å²) >= 11 is 0. The number of carbonyl (C=O) groups is 2. The molecule has 3 heterocycles. The van der Waals surface area contributed by atoms with Crippen molar-refractivity contribution in [3.05, 3.63) is 48.0 Å². The molecule has 2 aromatic carbocycles. The molecule has 0 aliphatic carbocycles. The first-order valence-corrected chi connectivity index (χ1v) is 12.1. The zero-order valence-corrected chi connectivity index (χ0v) is 19.5. The summed E-state index contributed by atoms with van der Waals surface area (Å²) in [7, 11) is 0. The van der Waals surface area contributed by atoms with Gasteiger partial charge in [-0.3, -0.25) is 9.59 Å². The summed E-state index contributed by atoms with van der Waals surface area (Å²) in [5.41, 5.74) is 1.77. The second-order valence-corrected chi connectivity index (χ2v) is 9.03. The predicted octanol–water partition coefficient (Wildman–Crippen LogP) is 2.92. The number of benzene rings is 2. The molecule has 2 unspecified atom stereocenters. The number of fused-ring (bicyclic) bond motifs is 2. The van der Waals surface area contributed by atoms with E-state index in [2.05, 4.69) is 5.32 Å². The molecule has 180 valence electrons. The molecule has 1 saturated heterocycles. The largest absolute Gasteiger partial charge is 0.486 e. The maximum absolute atomic E-state index is 13.1. The van der Waals surface area contributed by atoms with E-state index in [0.717, 1.165) is 49.4 Å². The number of rotatable bonds is 5. The smallest absolute Gasteiger partial charge is 0.265 e. The quantitative estimate of drug-likeness (QED) is 0.732. The lowest BCUT2D eigenvalue weighted by atomic mass is 10.1. The molecule has 8 heteroatoms. The molecule has 0 saturated carbocycles. The molecule has 2 atom stereocenters. The van der Waals surface area contributed by atoms with Crippen molar-refractivity contribution in [2.45, 2.75) is 38.3 Å². The average Bonchev–Trinajstić information content (AvgIpc) is 2.88. The lowest BCUT2D eigenvalue weighted by Crippen LogP contribution is -2.53. The van der Waals surface area contributed by atoms with Crippen molar-refractivity contribution >= 4 is 17.5 Å². The summed E-state index contributed by atoms with van der Waals surface area (Å²) in [6, 6.07) is 13.1. The Morgan fingerprint density at radius 2 is 1.76 bits per heavy atom. The van der Waals surface area contributed by atoms with Gasteiger partial charge in [-0.1, -0.05) is 18.2 Å². The van der Waals surface area contributed by atoms with Crippen molar-refractivity contribution in [1.29, 1.82) is 0 Å². The van der Waals surface area contributed by atoms with E-state index >= 15 is 0 Å². The first-order valence-electron chi connectivity index (χ1n) is 12.1. The molecule has 2 amide bonds. The Morgan fingerprint density at radius 3 is 2.59 bits per heavy atom. The van der Waals surface area contributed by atoms with Crippen molar-refractivity contribution in [3.8, 4) is 17.2 Å². The van der Waals surface area contributed by atoms with Gasteiger partial charge in [0.25, 0.3) is 5.91 Å². The van der Waals surface area contributed by atoms with E-state index in [1.54, 1.807) is 0 Å². The van der Waals surface area contributed by atoms with Crippen molar-refractivity contribution in [2.24, 2.45) is 0 Å². The van der Waals surface area contributed by atoms with Crippen LogP contribution in [0.2, 0.25) is 0 Å². The van der Waals surface area contributed by atoms with Crippen molar-refractivity contribution < 1.29 is 23.8 Å². The molecule has 8 nitrogen and oxygen atoms in total. The van der Waals surface area contributed by atoms with Gasteiger partial charge in [-0.2, -0.15) is 0 Å². The third kappa shape index (κ3) is 4.76. The molecular formula is C26H31N3O5. The lowest BCUT2D eigenvalue weighted by Gasteiger charge is -2.38. The molecule has 5 rings (SSSR count). The number of ether oxygens (including phenoxy) is 3. The minimum absolute atomic E-state index is 0.00394. The maximum Gasteiger partial charge on any atom is 0.265 e. The Morgan fingerprint density at radius 1 is 1.00 bits per heavy atom. The summed E-state index contributed by atoms with van der Waals surface area (Å²) < 4.78 is 17.3. The van der Waals surface area contributed by atoms with Crippen LogP contribution >= 0.6 is 0 Å². The predicted molar refractivity (Wildman–Crippen MR) is 127 cm³/mol. The van der Waals surface area contributed by atoms with Crippen LogP contribution in [0.4, 0.5) is 5.69 Å². The van der Waals surface area contributed by atoms with Gasteiger partial charge in [0.1, 0.15) is 19.0 Å². The van der Waals surface area contributed by atoms with Gasteiger partial charge in [0, 0.05) is 13.1 Å². The Kier molecular flexibility index (Phi) is 6.47. The van der Waals surface area contributed by atoms with Gasteiger partial charge in [0.2, 0.25) is 5.91 Å². The minimum Gasteiger partial charge on any atom is -0.486 e. The molecule has 0 spiro atoms. The van der Waals surface area contributed by atoms with Crippen LogP contribution in [0.3, 0.4) is 0 Å². The number of amides is 2. The number of nitrogens with zero attached hydrogens (tertiary/aromatic N) is 2. The van der Waals surface area contributed by atoms with E-state index in [1.165, 1.54) is 0 Å². The second-order valence-electron chi connectivity index (χ2n) is 9.03. The minimum atomic E-state index is -0.615. The van der Waals surface area contributed by atoms with Gasteiger partial charge in [0.15, 0.2) is 17.6 Å². The van der Waals surface area contributed by atoms with E-state index in [-0.39, 0.29) is 24.4 Å². The highest BCUT2D eigenvalue weighted by Crippen LogP contribution is 2.34. The van der Waals surface area contributed by atoms with E-state index in [1.807, 2.05) is 59.2 Å². The Labute approximate surface area is 199 Å². The Hall–Kier alpha value is -3.42. The van der Waals surface area contributed by atoms with Crippen LogP contribution < -0.4 is 24.4 Å². The van der Waals surface area contributed by atoms with Gasteiger partial charge < -0.3 is 29.3 Å². The number of piperidine rings is 1. The summed E-state index contributed by atoms with van der Waals surface area (Å²) in [6.07, 6.45) is 2.60. The van der Waals surface area contributed by atoms with Gasteiger partial charge in [-0.05, 0) is 56.0 Å². The SMILES string of the molecule is CC(NC(=O)CN1CC(C(=O)N2CCCCC2)Oc2ccccc21)c1ccc2c(c1)OCCO2. The van der Waals surface area contributed by atoms with Gasteiger partial charge in [0.05, 0.1) is 24.8 Å². The van der Waals surface area contributed by atoms with Crippen LogP contribution in [0, 0.1) is 0 Å². The zero-order chi connectivity index (χ0) is 23.5. The van der Waals surface area contributed by atoms with Gasteiger partial charge in [-0.25, -0.2) is 0 Å². The Bertz CT molecular complexity index is 1050.